The van der Waals surface area contributed by atoms with Gasteiger partial charge in [-0.05, 0) is 56.3 Å². The third kappa shape index (κ3) is 11.9. The summed E-state index contributed by atoms with van der Waals surface area (Å²) in [7, 11) is 2.13. The van der Waals surface area contributed by atoms with Crippen LogP contribution in [0.5, 0.6) is 0 Å². The maximum absolute atomic E-state index is 11.8. The Morgan fingerprint density at radius 2 is 1.50 bits per heavy atom. The van der Waals surface area contributed by atoms with Crippen LogP contribution < -0.4 is 0 Å². The van der Waals surface area contributed by atoms with E-state index in [9.17, 15) is 9.90 Å². The molecule has 3 rings (SSSR count). The Bertz CT molecular complexity index is 1050. The Balaban J connectivity index is 1.75. The molecule has 1 aliphatic carbocycles. The van der Waals surface area contributed by atoms with Crippen LogP contribution in [0.25, 0.3) is 0 Å². The minimum Gasteiger partial charge on any atom is -0.466 e. The minimum atomic E-state index is -0.582. The van der Waals surface area contributed by atoms with Gasteiger partial charge in [0, 0.05) is 12.8 Å². The van der Waals surface area contributed by atoms with Crippen molar-refractivity contribution >= 4 is 5.97 Å². The van der Waals surface area contributed by atoms with Crippen molar-refractivity contribution in [2.45, 2.75) is 123 Å². The van der Waals surface area contributed by atoms with Gasteiger partial charge < -0.3 is 24.1 Å². The highest BCUT2D eigenvalue weighted by atomic mass is 16.6. The standard InChI is InChI=1S/C37H57NO6/c1-6-8-23-37(3,4)33(39)28-44-36-32(43-27-30-20-14-10-15-21-30)25-31(42-26-29-18-12-9-13-19-29)35(36)38(5)24-17-11-16-22-34(40)41-7-2/h9-10,12-15,18-21,31-33,35-36,39H,6-8,11,16-17,22-28H2,1-5H3/t31-,32+,33?,35+,36+/m0/s1. The van der Waals surface area contributed by atoms with Crippen LogP contribution in [-0.4, -0.2) is 73.2 Å². The molecular weight excluding hydrogens is 554 g/mol. The number of aliphatic hydroxyl groups excluding tert-OH is 1. The average molecular weight is 612 g/mol. The van der Waals surface area contributed by atoms with Crippen molar-refractivity contribution in [2.24, 2.45) is 5.41 Å². The van der Waals surface area contributed by atoms with E-state index in [0.29, 0.717) is 32.7 Å². The first-order chi connectivity index (χ1) is 21.2. The van der Waals surface area contributed by atoms with Gasteiger partial charge in [-0.1, -0.05) is 101 Å². The second-order valence-corrected chi connectivity index (χ2v) is 12.9. The summed E-state index contributed by atoms with van der Waals surface area (Å²) in [6.45, 7) is 10.8. The Morgan fingerprint density at radius 3 is 2.09 bits per heavy atom. The van der Waals surface area contributed by atoms with Crippen molar-refractivity contribution in [3.63, 3.8) is 0 Å². The van der Waals surface area contributed by atoms with E-state index in [1.807, 2.05) is 43.3 Å². The topological polar surface area (TPSA) is 77.5 Å². The van der Waals surface area contributed by atoms with E-state index in [2.05, 4.69) is 57.0 Å². The van der Waals surface area contributed by atoms with E-state index in [0.717, 1.165) is 56.2 Å². The monoisotopic (exact) mass is 611 g/mol. The molecular formula is C37H57NO6. The minimum absolute atomic E-state index is 0.0458. The van der Waals surface area contributed by atoms with Crippen molar-refractivity contribution in [3.8, 4) is 0 Å². The predicted molar refractivity (Wildman–Crippen MR) is 175 cm³/mol. The Morgan fingerprint density at radius 1 is 0.886 bits per heavy atom. The zero-order valence-electron chi connectivity index (χ0n) is 27.8. The number of benzene rings is 2. The number of ether oxygens (including phenoxy) is 4. The van der Waals surface area contributed by atoms with Crippen LogP contribution in [0.1, 0.15) is 90.2 Å². The molecule has 0 aliphatic heterocycles. The van der Waals surface area contributed by atoms with Gasteiger partial charge in [-0.15, -0.1) is 0 Å². The van der Waals surface area contributed by atoms with Crippen LogP contribution >= 0.6 is 0 Å². The number of rotatable bonds is 21. The van der Waals surface area contributed by atoms with E-state index in [1.54, 1.807) is 0 Å². The van der Waals surface area contributed by atoms with Crippen molar-refractivity contribution in [2.75, 3.05) is 26.8 Å². The first kappa shape index (κ1) is 36.2. The largest absolute Gasteiger partial charge is 0.466 e. The van der Waals surface area contributed by atoms with Crippen molar-refractivity contribution in [3.05, 3.63) is 71.8 Å². The second kappa shape index (κ2) is 19.3. The predicted octanol–water partition coefficient (Wildman–Crippen LogP) is 6.95. The van der Waals surface area contributed by atoms with Gasteiger partial charge in [0.1, 0.15) is 6.10 Å². The molecule has 7 nitrogen and oxygen atoms in total. The molecule has 2 aromatic rings. The van der Waals surface area contributed by atoms with E-state index in [1.165, 1.54) is 0 Å². The number of carbonyl (C=O) groups excluding carboxylic acids is 1. The normalized spacial score (nSPS) is 21.1. The average Bonchev–Trinajstić information content (AvgIpc) is 3.38. The number of nitrogens with zero attached hydrogens (tertiary/aromatic N) is 1. The quantitative estimate of drug-likeness (QED) is 0.121. The molecule has 0 amide bonds. The lowest BCUT2D eigenvalue weighted by Crippen LogP contribution is -2.49. The molecule has 0 aromatic heterocycles. The molecule has 5 atom stereocenters. The number of aliphatic hydroxyl groups is 1. The lowest BCUT2D eigenvalue weighted by molar-refractivity contribution is -0.143. The summed E-state index contributed by atoms with van der Waals surface area (Å²) in [5.41, 5.74) is 2.01. The number of esters is 1. The number of unbranched alkanes of at least 4 members (excludes halogenated alkanes) is 3. The van der Waals surface area contributed by atoms with Crippen molar-refractivity contribution in [1.82, 2.24) is 4.90 Å². The fourth-order valence-electron chi connectivity index (χ4n) is 5.98. The zero-order chi connectivity index (χ0) is 31.8. The molecule has 44 heavy (non-hydrogen) atoms. The summed E-state index contributed by atoms with van der Waals surface area (Å²) in [6, 6.07) is 20.4. The van der Waals surface area contributed by atoms with Gasteiger partial charge in [0.2, 0.25) is 0 Å². The molecule has 1 aliphatic rings. The van der Waals surface area contributed by atoms with Crippen LogP contribution in [0.15, 0.2) is 60.7 Å². The highest BCUT2D eigenvalue weighted by Crippen LogP contribution is 2.35. The Hall–Kier alpha value is -2.29. The molecule has 246 valence electrons. The summed E-state index contributed by atoms with van der Waals surface area (Å²) in [4.78, 5) is 14.1. The maximum atomic E-state index is 11.8. The van der Waals surface area contributed by atoms with Crippen LogP contribution in [0.2, 0.25) is 0 Å². The van der Waals surface area contributed by atoms with Gasteiger partial charge in [0.05, 0.1) is 50.8 Å². The van der Waals surface area contributed by atoms with Gasteiger partial charge in [0.15, 0.2) is 0 Å². The molecule has 0 heterocycles. The smallest absolute Gasteiger partial charge is 0.305 e. The summed E-state index contributed by atoms with van der Waals surface area (Å²) in [6.07, 6.45) is 5.86. The SMILES string of the molecule is CCCCC(C)(C)C(O)CO[C@H]1[C@H](N(C)CCCCCC(=O)OCC)[C@@H](OCc2ccccc2)C[C@H]1OCc1ccccc1. The first-order valence-electron chi connectivity index (χ1n) is 16.7. The van der Waals surface area contributed by atoms with E-state index >= 15 is 0 Å². The molecule has 0 spiro atoms. The Kier molecular flexibility index (Phi) is 15.8. The molecule has 0 radical (unpaired) electrons. The maximum Gasteiger partial charge on any atom is 0.305 e. The van der Waals surface area contributed by atoms with Crippen LogP contribution in [0, 0.1) is 5.41 Å². The van der Waals surface area contributed by atoms with Crippen LogP contribution in [0.3, 0.4) is 0 Å². The molecule has 0 bridgehead atoms. The third-order valence-electron chi connectivity index (χ3n) is 8.89. The lowest BCUT2D eigenvalue weighted by Gasteiger charge is -2.36. The van der Waals surface area contributed by atoms with Gasteiger partial charge in [0.25, 0.3) is 0 Å². The van der Waals surface area contributed by atoms with E-state index in [4.69, 9.17) is 18.9 Å². The molecule has 7 heteroatoms. The van der Waals surface area contributed by atoms with Gasteiger partial charge >= 0.3 is 5.97 Å². The Labute approximate surface area is 266 Å². The number of likely N-dealkylation sites (N-methyl/N-ethyl adjacent to an activating group) is 1. The first-order valence-corrected chi connectivity index (χ1v) is 16.7. The molecule has 1 fully saturated rings. The molecule has 1 saturated carbocycles. The van der Waals surface area contributed by atoms with Crippen LogP contribution in [0.4, 0.5) is 0 Å². The lowest BCUT2D eigenvalue weighted by atomic mass is 9.82. The highest BCUT2D eigenvalue weighted by Gasteiger charge is 2.48. The zero-order valence-corrected chi connectivity index (χ0v) is 27.8. The molecule has 1 unspecified atom stereocenters. The van der Waals surface area contributed by atoms with E-state index < -0.39 is 6.10 Å². The summed E-state index contributed by atoms with van der Waals surface area (Å²) >= 11 is 0. The summed E-state index contributed by atoms with van der Waals surface area (Å²) in [5.74, 6) is -0.127. The number of carbonyl (C=O) groups is 1. The second-order valence-electron chi connectivity index (χ2n) is 12.9. The number of hydrogen-bond acceptors (Lipinski definition) is 7. The van der Waals surface area contributed by atoms with Crippen molar-refractivity contribution in [1.29, 1.82) is 0 Å². The molecule has 0 saturated heterocycles. The van der Waals surface area contributed by atoms with Gasteiger partial charge in [-0.2, -0.15) is 0 Å². The highest BCUT2D eigenvalue weighted by molar-refractivity contribution is 5.69. The molecule has 1 N–H and O–H groups in total. The third-order valence-corrected chi connectivity index (χ3v) is 8.89. The summed E-state index contributed by atoms with van der Waals surface area (Å²) in [5, 5.41) is 11.2. The molecule has 2 aromatic carbocycles. The van der Waals surface area contributed by atoms with Crippen molar-refractivity contribution < 1.29 is 28.8 Å². The van der Waals surface area contributed by atoms with Crippen LogP contribution in [-0.2, 0) is 37.0 Å². The van der Waals surface area contributed by atoms with Gasteiger partial charge in [-0.25, -0.2) is 0 Å². The fraction of sp³-hybridized carbons (Fsp3) is 0.649. The fourth-order valence-corrected chi connectivity index (χ4v) is 5.98. The van der Waals surface area contributed by atoms with Gasteiger partial charge in [-0.3, -0.25) is 9.69 Å². The summed E-state index contributed by atoms with van der Waals surface area (Å²) < 4.78 is 25.0. The van der Waals surface area contributed by atoms with E-state index in [-0.39, 0.29) is 42.3 Å². The number of hydrogen-bond donors (Lipinski definition) is 1.